The first-order valence-corrected chi connectivity index (χ1v) is 7.29. The first-order chi connectivity index (χ1) is 10.2. The Morgan fingerprint density at radius 2 is 2.33 bits per heavy atom. The summed E-state index contributed by atoms with van der Waals surface area (Å²) in [5.41, 5.74) is 1.90. The number of carbonyl (C=O) groups excluding carboxylic acids is 1. The highest BCUT2D eigenvalue weighted by atomic mass is 35.5. The van der Waals surface area contributed by atoms with Crippen LogP contribution in [0.2, 0.25) is 5.02 Å². The molecule has 0 radical (unpaired) electrons. The number of aliphatic imine (C=N–C) groups is 1. The normalized spacial score (nSPS) is 24.5. The molecular formula is C15H14ClN3O2. The fourth-order valence-electron chi connectivity index (χ4n) is 3.18. The topological polar surface area (TPSA) is 53.9 Å². The zero-order chi connectivity index (χ0) is 14.6. The van der Waals surface area contributed by atoms with E-state index in [2.05, 4.69) is 22.4 Å². The van der Waals surface area contributed by atoms with Gasteiger partial charge in [-0.15, -0.1) is 0 Å². The molecule has 4 rings (SSSR count). The van der Waals surface area contributed by atoms with E-state index in [1.54, 1.807) is 6.07 Å². The lowest BCUT2D eigenvalue weighted by Gasteiger charge is -2.31. The molecule has 2 heterocycles. The molecule has 1 fully saturated rings. The molecule has 2 atom stereocenters. The summed E-state index contributed by atoms with van der Waals surface area (Å²) in [6, 6.07) is 4.03. The van der Waals surface area contributed by atoms with E-state index >= 15 is 0 Å². The van der Waals surface area contributed by atoms with Crippen molar-refractivity contribution in [2.45, 2.75) is 19.0 Å². The molecule has 1 aromatic carbocycles. The lowest BCUT2D eigenvalue weighted by molar-refractivity contribution is 0.203. The van der Waals surface area contributed by atoms with Crippen molar-refractivity contribution in [3.05, 3.63) is 34.9 Å². The van der Waals surface area contributed by atoms with Crippen molar-refractivity contribution in [1.82, 2.24) is 10.2 Å². The molecule has 0 aromatic heterocycles. The Kier molecular flexibility index (Phi) is 2.72. The standard InChI is InChI=1S/C15H14ClN3O2/c1-17-15(20)21-13-5-9-7-19-10-3-2-8(4-10)14(19)18-12(9)6-11(13)16/h2-3,5-6,8,10H,4,7H2,1H3,(H,17,20). The van der Waals surface area contributed by atoms with Gasteiger partial charge in [-0.05, 0) is 18.6 Å². The highest BCUT2D eigenvalue weighted by Gasteiger charge is 2.41. The summed E-state index contributed by atoms with van der Waals surface area (Å²) >= 11 is 6.18. The van der Waals surface area contributed by atoms with Crippen molar-refractivity contribution in [2.24, 2.45) is 10.9 Å². The second-order valence-corrected chi connectivity index (χ2v) is 5.85. The van der Waals surface area contributed by atoms with Gasteiger partial charge in [0.15, 0.2) is 5.75 Å². The number of halogens is 1. The number of nitrogens with zero attached hydrogens (tertiary/aromatic N) is 2. The van der Waals surface area contributed by atoms with Crippen LogP contribution in [0, 0.1) is 5.92 Å². The summed E-state index contributed by atoms with van der Waals surface area (Å²) < 4.78 is 5.17. The predicted molar refractivity (Wildman–Crippen MR) is 80.2 cm³/mol. The summed E-state index contributed by atoms with van der Waals surface area (Å²) in [7, 11) is 1.51. The van der Waals surface area contributed by atoms with Crippen LogP contribution >= 0.6 is 11.6 Å². The van der Waals surface area contributed by atoms with Crippen LogP contribution < -0.4 is 10.1 Å². The van der Waals surface area contributed by atoms with Crippen molar-refractivity contribution < 1.29 is 9.53 Å². The number of benzene rings is 1. The summed E-state index contributed by atoms with van der Waals surface area (Å²) in [5.74, 6) is 1.93. The SMILES string of the molecule is CNC(=O)Oc1cc2c(cc1Cl)N=C1C3C=CC(C3)N1C2. The molecule has 3 aliphatic rings. The molecule has 5 nitrogen and oxygen atoms in total. The maximum absolute atomic E-state index is 11.3. The molecule has 1 saturated heterocycles. The summed E-state index contributed by atoms with van der Waals surface area (Å²) in [5, 5.41) is 2.81. The van der Waals surface area contributed by atoms with Crippen LogP contribution in [0.3, 0.4) is 0 Å². The van der Waals surface area contributed by atoms with Gasteiger partial charge in [0.1, 0.15) is 5.84 Å². The molecule has 1 N–H and O–H groups in total. The Morgan fingerprint density at radius 1 is 1.48 bits per heavy atom. The van der Waals surface area contributed by atoms with Crippen molar-refractivity contribution in [1.29, 1.82) is 0 Å². The van der Waals surface area contributed by atoms with E-state index in [4.69, 9.17) is 21.3 Å². The number of hydrogen-bond acceptors (Lipinski definition) is 4. The molecule has 2 unspecified atom stereocenters. The number of fused-ring (bicyclic) bond motifs is 6. The molecule has 1 aliphatic carbocycles. The summed E-state index contributed by atoms with van der Waals surface area (Å²) in [6.07, 6.45) is 5.06. The number of hydrogen-bond donors (Lipinski definition) is 1. The van der Waals surface area contributed by atoms with Crippen LogP contribution in [0.1, 0.15) is 12.0 Å². The van der Waals surface area contributed by atoms with E-state index in [0.29, 0.717) is 22.7 Å². The smallest absolute Gasteiger partial charge is 0.409 e. The second kappa shape index (κ2) is 4.49. The van der Waals surface area contributed by atoms with Crippen LogP contribution in [0.25, 0.3) is 0 Å². The Balaban J connectivity index is 1.71. The van der Waals surface area contributed by atoms with Crippen LogP contribution in [0.4, 0.5) is 10.5 Å². The molecule has 2 bridgehead atoms. The lowest BCUT2D eigenvalue weighted by Crippen LogP contribution is -2.36. The van der Waals surface area contributed by atoms with Gasteiger partial charge in [0.2, 0.25) is 0 Å². The van der Waals surface area contributed by atoms with Crippen LogP contribution in [0.15, 0.2) is 29.3 Å². The Labute approximate surface area is 127 Å². The third-order valence-electron chi connectivity index (χ3n) is 4.20. The molecule has 0 saturated carbocycles. The van der Waals surface area contributed by atoms with Gasteiger partial charge in [-0.3, -0.25) is 0 Å². The second-order valence-electron chi connectivity index (χ2n) is 5.44. The van der Waals surface area contributed by atoms with E-state index in [-0.39, 0.29) is 0 Å². The van der Waals surface area contributed by atoms with Gasteiger partial charge in [0.25, 0.3) is 0 Å². The number of amidine groups is 1. The van der Waals surface area contributed by atoms with Gasteiger partial charge in [0.05, 0.1) is 10.7 Å². The van der Waals surface area contributed by atoms with Crippen LogP contribution in [0.5, 0.6) is 5.75 Å². The third-order valence-corrected chi connectivity index (χ3v) is 4.50. The quantitative estimate of drug-likeness (QED) is 0.812. The van der Waals surface area contributed by atoms with E-state index in [1.165, 1.54) is 7.05 Å². The van der Waals surface area contributed by atoms with Gasteiger partial charge >= 0.3 is 6.09 Å². The number of carbonyl (C=O) groups is 1. The van der Waals surface area contributed by atoms with Crippen molar-refractivity contribution in [3.63, 3.8) is 0 Å². The maximum atomic E-state index is 11.3. The van der Waals surface area contributed by atoms with E-state index in [0.717, 1.165) is 30.1 Å². The van der Waals surface area contributed by atoms with Crippen LogP contribution in [-0.2, 0) is 6.54 Å². The van der Waals surface area contributed by atoms with Crippen molar-refractivity contribution in [3.8, 4) is 5.75 Å². The average Bonchev–Trinajstić information content (AvgIpc) is 3.07. The van der Waals surface area contributed by atoms with E-state index < -0.39 is 6.09 Å². The Bertz CT molecular complexity index is 698. The minimum atomic E-state index is -0.528. The van der Waals surface area contributed by atoms with Gasteiger partial charge in [-0.2, -0.15) is 0 Å². The predicted octanol–water partition coefficient (Wildman–Crippen LogP) is 2.86. The molecule has 108 valence electrons. The van der Waals surface area contributed by atoms with Crippen molar-refractivity contribution in [2.75, 3.05) is 7.05 Å². The molecule has 21 heavy (non-hydrogen) atoms. The molecule has 1 aromatic rings. The Hall–Kier alpha value is -2.01. The molecule has 0 spiro atoms. The molecule has 1 amide bonds. The number of nitrogens with one attached hydrogen (secondary N) is 1. The maximum Gasteiger partial charge on any atom is 0.412 e. The van der Waals surface area contributed by atoms with Gasteiger partial charge in [-0.25, -0.2) is 9.79 Å². The highest BCUT2D eigenvalue weighted by molar-refractivity contribution is 6.32. The first-order valence-electron chi connectivity index (χ1n) is 6.91. The molecule has 2 aliphatic heterocycles. The lowest BCUT2D eigenvalue weighted by atomic mass is 10.1. The zero-order valence-corrected chi connectivity index (χ0v) is 12.2. The fraction of sp³-hybridized carbons (Fsp3) is 0.333. The van der Waals surface area contributed by atoms with Crippen molar-refractivity contribution >= 4 is 29.2 Å². The van der Waals surface area contributed by atoms with E-state index in [1.807, 2.05) is 6.07 Å². The third kappa shape index (κ3) is 1.92. The fourth-order valence-corrected chi connectivity index (χ4v) is 3.38. The zero-order valence-electron chi connectivity index (χ0n) is 11.5. The first kappa shape index (κ1) is 12.7. The monoisotopic (exact) mass is 303 g/mol. The molecular weight excluding hydrogens is 290 g/mol. The molecule has 6 heteroatoms. The minimum Gasteiger partial charge on any atom is -0.409 e. The number of rotatable bonds is 1. The van der Waals surface area contributed by atoms with Gasteiger partial charge in [0, 0.05) is 31.1 Å². The summed E-state index contributed by atoms with van der Waals surface area (Å²) in [4.78, 5) is 18.4. The average molecular weight is 304 g/mol. The van der Waals surface area contributed by atoms with E-state index in [9.17, 15) is 4.79 Å². The van der Waals surface area contributed by atoms with Gasteiger partial charge in [-0.1, -0.05) is 23.8 Å². The highest BCUT2D eigenvalue weighted by Crippen LogP contribution is 2.43. The summed E-state index contributed by atoms with van der Waals surface area (Å²) in [6.45, 7) is 0.779. The number of ether oxygens (including phenoxy) is 1. The Morgan fingerprint density at radius 3 is 3.14 bits per heavy atom. The van der Waals surface area contributed by atoms with Gasteiger partial charge < -0.3 is 15.0 Å². The largest absolute Gasteiger partial charge is 0.412 e. The minimum absolute atomic E-state index is 0.369. The number of amides is 1. The van der Waals surface area contributed by atoms with Crippen LogP contribution in [-0.4, -0.2) is 29.9 Å².